The number of nitrogens with zero attached hydrogens (tertiary/aromatic N) is 15. The molecule has 0 aromatic heterocycles. The van der Waals surface area contributed by atoms with Gasteiger partial charge in [-0.15, -0.1) is 0 Å². The van der Waals surface area contributed by atoms with Crippen LogP contribution in [0.4, 0.5) is 0 Å². The van der Waals surface area contributed by atoms with Crippen molar-refractivity contribution in [1.82, 2.24) is 84.1 Å². The normalized spacial score (nSPS) is 23.5. The van der Waals surface area contributed by atoms with Gasteiger partial charge in [-0.3, -0.25) is 49.0 Å². The highest BCUT2D eigenvalue weighted by Gasteiger charge is 2.48. The van der Waals surface area contributed by atoms with E-state index in [0.717, 1.165) is 227 Å². The zero-order valence-electron chi connectivity index (χ0n) is 104. The Bertz CT molecular complexity index is 3150. The first-order valence-corrected chi connectivity index (χ1v) is 59.2. The third-order valence-electron chi connectivity index (χ3n) is 29.1. The number of nitrogens with one attached hydrogen (secondary N) is 2. The second kappa shape index (κ2) is 65.5. The molecule has 868 valence electrons. The first kappa shape index (κ1) is 135. The summed E-state index contributed by atoms with van der Waals surface area (Å²) >= 11 is 0. The molecular formula is C119H247N17O10. The lowest BCUT2D eigenvalue weighted by atomic mass is 9.81. The van der Waals surface area contributed by atoms with Crippen LogP contribution in [0.15, 0.2) is 0 Å². The fraction of sp³-hybridized carbons (Fsp3) is 1.00. The first-order chi connectivity index (χ1) is 67.5. The van der Waals surface area contributed by atoms with Crippen molar-refractivity contribution in [2.45, 2.75) is 401 Å². The van der Waals surface area contributed by atoms with Gasteiger partial charge in [0.05, 0.1) is 110 Å². The SMILES string of the molecule is CC(C)(C)CCN1CCC(CN2C[C@@H]3C[C@H]2CN3C(C)(C)C)CC1.CC(C)(C)CNCCN1CCN(CCOC(C)(C)C)CC1.CC(C)(C)COCCN1CCN(CCOC(C)(C)C)CC1.CC(C)(C)NCCOCCN1CCN(CCOC(C)(C)C)CC1.CC(C)(C)OCCN1CCC(OCOC(C)(C)C)CC1.CC(CN1CCN(CC2CC(OC(C)(C)C)C2)CC1)OC(C)(C)C.CCN1CC(N2CCN(C)CC2)C1. The van der Waals surface area contributed by atoms with Crippen molar-refractivity contribution in [2.75, 3.05) is 348 Å². The van der Waals surface area contributed by atoms with Gasteiger partial charge in [0.15, 0.2) is 0 Å². The van der Waals surface area contributed by atoms with Crippen LogP contribution >= 0.6 is 0 Å². The number of rotatable bonds is 41. The molecule has 10 saturated heterocycles. The molecule has 0 aromatic carbocycles. The van der Waals surface area contributed by atoms with Gasteiger partial charge in [-0.1, -0.05) is 69.2 Å². The summed E-state index contributed by atoms with van der Waals surface area (Å²) in [5.41, 5.74) is 1.40. The molecule has 0 radical (unpaired) electrons. The van der Waals surface area contributed by atoms with Crippen LogP contribution in [-0.4, -0.2) is 508 Å². The molecule has 2 N–H and O–H groups in total. The van der Waals surface area contributed by atoms with Crippen molar-refractivity contribution in [2.24, 2.45) is 28.1 Å². The number of piperazine rings is 6. The largest absolute Gasteiger partial charge is 0.380 e. The minimum Gasteiger partial charge on any atom is -0.380 e. The molecule has 0 aromatic rings. The highest BCUT2D eigenvalue weighted by molar-refractivity contribution is 5.04. The molecule has 11 aliphatic rings. The number of piperidine rings is 2. The number of hydrogen-bond donors (Lipinski definition) is 2. The molecule has 10 heterocycles. The number of hydrogen-bond acceptors (Lipinski definition) is 27. The molecule has 0 spiro atoms. The van der Waals surface area contributed by atoms with Crippen LogP contribution in [0.5, 0.6) is 0 Å². The Morgan fingerprint density at radius 1 is 0.322 bits per heavy atom. The third-order valence-corrected chi connectivity index (χ3v) is 29.1. The molecule has 146 heavy (non-hydrogen) atoms. The molecule has 0 amide bonds. The van der Waals surface area contributed by atoms with Crippen LogP contribution in [-0.2, 0) is 47.4 Å². The predicted molar refractivity (Wildman–Crippen MR) is 618 cm³/mol. The van der Waals surface area contributed by atoms with E-state index in [9.17, 15) is 0 Å². The standard InChI is InChI=1S/C21H41N3.C20H40N2O2.C18H39N3O2.C17H37N3O.C17H36N2O2.C16H33NO3.C10H21N3/c1-20(2,3)9-12-22-10-7-17(8-11-22)14-23-15-19-13-18(23)16-24(19)21(4,5)6;1-16(23-19(2,3)4)14-21-8-10-22(11-9-21)15-17-12-18(13-17)24-20(5,6)7;1-17(2,3)19-7-14-22-15-12-20-8-10-21(11-9-20)13-16-23-18(4,5)6;1-16(2,3)15-18-7-8-19-9-11-20(12-10-19)13-14-21-17(4,5)6;1-16(2,3)15-20-13-11-18-7-9-19(10-8-18)12-14-21-17(4,5)6;1-15(2,3)19-12-11-17-9-7-14(8-10-17)18-13-20-16(4,5)6;1-3-12-8-10(9-12)13-6-4-11(2)5-7-13/h17-19H,7-16H2,1-6H3;16-18H,8-15H2,1-7H3;19H,7-16H2,1-6H3;18H,7-15H2,1-6H3;7-15H2,1-6H3;14H,7-13H2,1-6H3;10H,3-9H2,1-2H3/t18-,19-;;;;;;/m0....../s1. The summed E-state index contributed by atoms with van der Waals surface area (Å²) in [6, 6.07) is 2.53. The van der Waals surface area contributed by atoms with E-state index >= 15 is 0 Å². The van der Waals surface area contributed by atoms with Crippen LogP contribution in [0.2, 0.25) is 0 Å². The van der Waals surface area contributed by atoms with Crippen LogP contribution in [0.25, 0.3) is 0 Å². The number of fused-ring (bicyclic) bond motifs is 2. The molecule has 11 fully saturated rings. The fourth-order valence-electron chi connectivity index (χ4n) is 20.5. The maximum absolute atomic E-state index is 6.05. The summed E-state index contributed by atoms with van der Waals surface area (Å²) in [5, 5.41) is 7.00. The zero-order chi connectivity index (χ0) is 109. The van der Waals surface area contributed by atoms with E-state index in [1.807, 2.05) is 20.8 Å². The van der Waals surface area contributed by atoms with Crippen molar-refractivity contribution >= 4 is 0 Å². The summed E-state index contributed by atoms with van der Waals surface area (Å²) in [7, 11) is 2.22. The Labute approximate surface area is 903 Å². The Morgan fingerprint density at radius 3 is 1.12 bits per heavy atom. The number of ether oxygens (including phenoxy) is 10. The smallest absolute Gasteiger partial charge is 0.147 e. The Balaban J connectivity index is 0.000000301. The lowest BCUT2D eigenvalue weighted by molar-refractivity contribution is -0.151. The van der Waals surface area contributed by atoms with Gasteiger partial charge in [0, 0.05) is 284 Å². The van der Waals surface area contributed by atoms with E-state index in [-0.39, 0.29) is 50.2 Å². The van der Waals surface area contributed by atoms with Crippen LogP contribution in [0, 0.1) is 28.1 Å². The van der Waals surface area contributed by atoms with Crippen molar-refractivity contribution in [3.8, 4) is 0 Å². The van der Waals surface area contributed by atoms with E-state index in [1.165, 1.54) is 189 Å². The van der Waals surface area contributed by atoms with Gasteiger partial charge < -0.3 is 82.5 Å². The molecule has 3 atom stereocenters. The third kappa shape index (κ3) is 67.9. The molecule has 1 aliphatic carbocycles. The van der Waals surface area contributed by atoms with E-state index in [2.05, 4.69) is 334 Å². The summed E-state index contributed by atoms with van der Waals surface area (Å²) in [6.45, 7) is 141. The Hall–Kier alpha value is -1.08. The van der Waals surface area contributed by atoms with Crippen molar-refractivity contribution in [3.63, 3.8) is 0 Å². The molecule has 27 heteroatoms. The fourth-order valence-corrected chi connectivity index (χ4v) is 20.5. The Morgan fingerprint density at radius 2 is 0.733 bits per heavy atom. The van der Waals surface area contributed by atoms with Crippen LogP contribution < -0.4 is 10.6 Å². The maximum Gasteiger partial charge on any atom is 0.147 e. The Kier molecular flexibility index (Phi) is 60.7. The molecule has 1 unspecified atom stereocenters. The van der Waals surface area contributed by atoms with E-state index < -0.39 is 0 Å². The lowest BCUT2D eigenvalue weighted by Crippen LogP contribution is -2.62. The predicted octanol–water partition coefficient (Wildman–Crippen LogP) is 16.4. The summed E-state index contributed by atoms with van der Waals surface area (Å²) < 4.78 is 58.1. The quantitative estimate of drug-likeness (QED) is 0.0438. The van der Waals surface area contributed by atoms with Crippen molar-refractivity contribution in [3.05, 3.63) is 0 Å². The van der Waals surface area contributed by atoms with E-state index in [1.54, 1.807) is 0 Å². The minimum atomic E-state index is -0.120. The topological polar surface area (TPSA) is 165 Å². The van der Waals surface area contributed by atoms with Gasteiger partial charge in [-0.2, -0.15) is 0 Å². The van der Waals surface area contributed by atoms with Gasteiger partial charge in [0.2, 0.25) is 0 Å². The average molecular weight is 2080 g/mol. The van der Waals surface area contributed by atoms with Gasteiger partial charge in [0.25, 0.3) is 0 Å². The molecule has 1 saturated carbocycles. The van der Waals surface area contributed by atoms with Crippen LogP contribution in [0.1, 0.15) is 314 Å². The van der Waals surface area contributed by atoms with Gasteiger partial charge >= 0.3 is 0 Å². The van der Waals surface area contributed by atoms with Gasteiger partial charge in [-0.25, -0.2) is 0 Å². The van der Waals surface area contributed by atoms with Crippen molar-refractivity contribution < 1.29 is 47.4 Å². The molecular weight excluding hydrogens is 1830 g/mol. The second-order valence-electron chi connectivity index (χ2n) is 57.7. The van der Waals surface area contributed by atoms with E-state index in [4.69, 9.17) is 47.4 Å². The average Bonchev–Trinajstić information content (AvgIpc) is 1.62. The summed E-state index contributed by atoms with van der Waals surface area (Å²) in [5.74, 6) is 1.78. The van der Waals surface area contributed by atoms with Crippen LogP contribution in [0.3, 0.4) is 0 Å². The van der Waals surface area contributed by atoms with Crippen molar-refractivity contribution in [1.29, 1.82) is 0 Å². The lowest BCUT2D eigenvalue weighted by Gasteiger charge is -2.47. The molecule has 27 nitrogen and oxygen atoms in total. The summed E-state index contributed by atoms with van der Waals surface area (Å²) in [6.07, 6.45) is 11.4. The zero-order valence-corrected chi connectivity index (χ0v) is 104. The maximum atomic E-state index is 6.05. The highest BCUT2D eigenvalue weighted by atomic mass is 16.7. The summed E-state index contributed by atoms with van der Waals surface area (Å²) in [4.78, 5) is 38.6. The number of likely N-dealkylation sites (N-methyl/N-ethyl adjacent to an activating group) is 2. The molecule has 11 rings (SSSR count). The second-order valence-corrected chi connectivity index (χ2v) is 57.7. The number of likely N-dealkylation sites (tertiary alicyclic amines) is 5. The van der Waals surface area contributed by atoms with E-state index in [0.29, 0.717) is 41.5 Å². The minimum absolute atomic E-state index is 0.00703. The first-order valence-electron chi connectivity index (χ1n) is 59.2. The highest BCUT2D eigenvalue weighted by Crippen LogP contribution is 2.38. The monoisotopic (exact) mass is 2070 g/mol. The molecule has 2 bridgehead atoms. The van der Waals surface area contributed by atoms with Gasteiger partial charge in [-0.05, 0) is 307 Å². The van der Waals surface area contributed by atoms with Gasteiger partial charge in [0.1, 0.15) is 6.79 Å². The molecule has 10 aliphatic heterocycles.